The molecule has 7 nitrogen and oxygen atoms in total. The molecule has 0 fully saturated rings. The molecule has 0 aliphatic carbocycles. The van der Waals surface area contributed by atoms with E-state index in [0.29, 0.717) is 24.5 Å². The van der Waals surface area contributed by atoms with E-state index in [1.807, 2.05) is 14.1 Å². The van der Waals surface area contributed by atoms with Gasteiger partial charge in [0.1, 0.15) is 0 Å². The Morgan fingerprint density at radius 2 is 1.75 bits per heavy atom. The van der Waals surface area contributed by atoms with Crippen LogP contribution in [-0.2, 0) is 0 Å². The van der Waals surface area contributed by atoms with Crippen LogP contribution in [0.3, 0.4) is 0 Å². The number of nitrogens with one attached hydrogen (secondary N) is 1. The molecule has 1 aromatic rings. The second-order valence-corrected chi connectivity index (χ2v) is 4.90. The number of hydrogen-bond donors (Lipinski definition) is 2. The Balaban J connectivity index is 2.37. The number of hydrogen-bond acceptors (Lipinski definition) is 7. The number of rotatable bonds is 10. The van der Waals surface area contributed by atoms with Crippen LogP contribution in [0.5, 0.6) is 6.01 Å². The molecular formula is C13H26N6O. The Labute approximate surface area is 120 Å². The molecule has 1 heterocycles. The average molecular weight is 282 g/mol. The molecule has 20 heavy (non-hydrogen) atoms. The van der Waals surface area contributed by atoms with Crippen molar-refractivity contribution in [2.75, 3.05) is 31.0 Å². The highest BCUT2D eigenvalue weighted by molar-refractivity contribution is 5.35. The predicted octanol–water partition coefficient (Wildman–Crippen LogP) is 1.96. The average Bonchev–Trinajstić information content (AvgIpc) is 2.46. The van der Waals surface area contributed by atoms with Gasteiger partial charge < -0.3 is 9.64 Å². The minimum atomic E-state index is 0.307. The summed E-state index contributed by atoms with van der Waals surface area (Å²) in [7, 11) is 3.71. The summed E-state index contributed by atoms with van der Waals surface area (Å²) < 4.78 is 5.56. The molecule has 0 radical (unpaired) electrons. The van der Waals surface area contributed by atoms with Gasteiger partial charge in [-0.3, -0.25) is 5.43 Å². The van der Waals surface area contributed by atoms with Gasteiger partial charge in [0.2, 0.25) is 11.9 Å². The van der Waals surface area contributed by atoms with Crippen LogP contribution in [0.25, 0.3) is 0 Å². The van der Waals surface area contributed by atoms with Gasteiger partial charge >= 0.3 is 6.01 Å². The summed E-state index contributed by atoms with van der Waals surface area (Å²) in [5.41, 5.74) is 2.42. The van der Waals surface area contributed by atoms with Crippen LogP contribution in [0.2, 0.25) is 0 Å². The summed E-state index contributed by atoms with van der Waals surface area (Å²) in [6.07, 6.45) is 7.32. The quantitative estimate of drug-likeness (QED) is 0.385. The topological polar surface area (TPSA) is 89.2 Å². The smallest absolute Gasteiger partial charge is 0.323 e. The van der Waals surface area contributed by atoms with E-state index < -0.39 is 0 Å². The molecule has 7 heteroatoms. The number of ether oxygens (including phenoxy) is 1. The first-order valence-electron chi connectivity index (χ1n) is 7.20. The number of nitrogen functional groups attached to an aromatic ring is 1. The monoisotopic (exact) mass is 282 g/mol. The lowest BCUT2D eigenvalue weighted by Gasteiger charge is -2.12. The molecule has 1 aromatic heterocycles. The van der Waals surface area contributed by atoms with Gasteiger partial charge in [-0.2, -0.15) is 15.0 Å². The SMILES string of the molecule is CCCCCCCCOc1nc(NN)nc(N(C)C)n1. The second kappa shape index (κ2) is 9.30. The van der Waals surface area contributed by atoms with Crippen LogP contribution in [-0.4, -0.2) is 35.7 Å². The fourth-order valence-electron chi connectivity index (χ4n) is 1.72. The van der Waals surface area contributed by atoms with Gasteiger partial charge in [0.25, 0.3) is 0 Å². The van der Waals surface area contributed by atoms with Crippen LogP contribution in [0.4, 0.5) is 11.9 Å². The van der Waals surface area contributed by atoms with Crippen LogP contribution in [0, 0.1) is 0 Å². The van der Waals surface area contributed by atoms with E-state index in [0.717, 1.165) is 6.42 Å². The lowest BCUT2D eigenvalue weighted by molar-refractivity contribution is 0.281. The van der Waals surface area contributed by atoms with E-state index in [-0.39, 0.29) is 0 Å². The first-order chi connectivity index (χ1) is 9.67. The number of aromatic nitrogens is 3. The number of nitrogens with zero attached hydrogens (tertiary/aromatic N) is 4. The number of unbranched alkanes of at least 4 members (excludes halogenated alkanes) is 5. The van der Waals surface area contributed by atoms with Crippen molar-refractivity contribution in [2.45, 2.75) is 45.4 Å². The molecule has 0 atom stereocenters. The van der Waals surface area contributed by atoms with Crippen LogP contribution >= 0.6 is 0 Å². The Hall–Kier alpha value is -1.63. The zero-order valence-electron chi connectivity index (χ0n) is 12.7. The van der Waals surface area contributed by atoms with Gasteiger partial charge in [-0.15, -0.1) is 0 Å². The Bertz CT molecular complexity index is 385. The Morgan fingerprint density at radius 1 is 1.05 bits per heavy atom. The zero-order chi connectivity index (χ0) is 14.8. The summed E-state index contributed by atoms with van der Waals surface area (Å²) in [6, 6.07) is 0.310. The molecule has 3 N–H and O–H groups in total. The summed E-state index contributed by atoms with van der Waals surface area (Å²) >= 11 is 0. The molecule has 0 saturated carbocycles. The van der Waals surface area contributed by atoms with Crippen molar-refractivity contribution in [3.63, 3.8) is 0 Å². The summed E-state index contributed by atoms with van der Waals surface area (Å²) in [5, 5.41) is 0. The maximum absolute atomic E-state index is 5.56. The summed E-state index contributed by atoms with van der Waals surface area (Å²) in [6.45, 7) is 2.84. The molecule has 0 aromatic carbocycles. The Kier molecular flexibility index (Phi) is 7.64. The molecule has 0 unspecified atom stereocenters. The lowest BCUT2D eigenvalue weighted by Crippen LogP contribution is -2.18. The standard InChI is InChI=1S/C13H26N6O/c1-4-5-6-7-8-9-10-20-13-16-11(18-14)15-12(17-13)19(2)3/h4-10,14H2,1-3H3,(H,15,16,17,18). The van der Waals surface area contributed by atoms with Gasteiger partial charge in [0.05, 0.1) is 6.61 Å². The predicted molar refractivity (Wildman–Crippen MR) is 80.8 cm³/mol. The fraction of sp³-hybridized carbons (Fsp3) is 0.769. The number of anilines is 2. The van der Waals surface area contributed by atoms with E-state index in [1.165, 1.54) is 32.1 Å². The molecule has 0 bridgehead atoms. The van der Waals surface area contributed by atoms with Crippen molar-refractivity contribution >= 4 is 11.9 Å². The van der Waals surface area contributed by atoms with Crippen LogP contribution in [0.15, 0.2) is 0 Å². The van der Waals surface area contributed by atoms with Crippen molar-refractivity contribution in [1.29, 1.82) is 0 Å². The van der Waals surface area contributed by atoms with Gasteiger partial charge in [0, 0.05) is 14.1 Å². The van der Waals surface area contributed by atoms with E-state index in [2.05, 4.69) is 27.3 Å². The molecule has 0 aliphatic heterocycles. The third kappa shape index (κ3) is 6.01. The molecule has 1 rings (SSSR count). The highest BCUT2D eigenvalue weighted by Crippen LogP contribution is 2.13. The van der Waals surface area contributed by atoms with Crippen molar-refractivity contribution in [3.05, 3.63) is 0 Å². The third-order valence-electron chi connectivity index (χ3n) is 2.86. The molecule has 0 saturated heterocycles. The van der Waals surface area contributed by atoms with Gasteiger partial charge in [0.15, 0.2) is 0 Å². The van der Waals surface area contributed by atoms with E-state index in [4.69, 9.17) is 10.6 Å². The molecule has 114 valence electrons. The summed E-state index contributed by atoms with van der Waals surface area (Å²) in [4.78, 5) is 14.2. The first-order valence-corrected chi connectivity index (χ1v) is 7.20. The molecule has 0 amide bonds. The maximum Gasteiger partial charge on any atom is 0.323 e. The van der Waals surface area contributed by atoms with Crippen LogP contribution < -0.4 is 20.9 Å². The van der Waals surface area contributed by atoms with Crippen molar-refractivity contribution in [1.82, 2.24) is 15.0 Å². The molecule has 0 aliphatic rings. The maximum atomic E-state index is 5.56. The van der Waals surface area contributed by atoms with Crippen molar-refractivity contribution in [3.8, 4) is 6.01 Å². The number of hydrazine groups is 1. The minimum absolute atomic E-state index is 0.307. The van der Waals surface area contributed by atoms with Gasteiger partial charge in [-0.25, -0.2) is 5.84 Å². The van der Waals surface area contributed by atoms with E-state index in [1.54, 1.807) is 4.90 Å². The summed E-state index contributed by atoms with van der Waals surface area (Å²) in [5.74, 6) is 6.16. The van der Waals surface area contributed by atoms with Gasteiger partial charge in [-0.05, 0) is 6.42 Å². The van der Waals surface area contributed by atoms with E-state index >= 15 is 0 Å². The fourth-order valence-corrected chi connectivity index (χ4v) is 1.72. The van der Waals surface area contributed by atoms with Crippen LogP contribution in [0.1, 0.15) is 45.4 Å². The third-order valence-corrected chi connectivity index (χ3v) is 2.86. The lowest BCUT2D eigenvalue weighted by atomic mass is 10.1. The molecular weight excluding hydrogens is 256 g/mol. The highest BCUT2D eigenvalue weighted by Gasteiger charge is 2.08. The number of nitrogens with two attached hydrogens (primary N) is 1. The highest BCUT2D eigenvalue weighted by atomic mass is 16.5. The largest absolute Gasteiger partial charge is 0.463 e. The zero-order valence-corrected chi connectivity index (χ0v) is 12.7. The van der Waals surface area contributed by atoms with Gasteiger partial charge in [-0.1, -0.05) is 39.0 Å². The second-order valence-electron chi connectivity index (χ2n) is 4.90. The Morgan fingerprint density at radius 3 is 2.40 bits per heavy atom. The molecule has 0 spiro atoms. The minimum Gasteiger partial charge on any atom is -0.463 e. The normalized spacial score (nSPS) is 10.4. The van der Waals surface area contributed by atoms with E-state index in [9.17, 15) is 0 Å². The van der Waals surface area contributed by atoms with Crippen molar-refractivity contribution in [2.24, 2.45) is 5.84 Å². The first kappa shape index (κ1) is 16.4. The van der Waals surface area contributed by atoms with Crippen molar-refractivity contribution < 1.29 is 4.74 Å².